The molecule has 0 amide bonds. The highest BCUT2D eigenvalue weighted by Crippen LogP contribution is 2.24. The van der Waals surface area contributed by atoms with Gasteiger partial charge in [-0.25, -0.2) is 4.79 Å². The Kier molecular flexibility index (Phi) is 9.58. The van der Waals surface area contributed by atoms with Gasteiger partial charge in [-0.3, -0.25) is 0 Å². The van der Waals surface area contributed by atoms with Gasteiger partial charge in [-0.1, -0.05) is 66.7 Å². The molecule has 0 spiro atoms. The number of hydrogen-bond donors (Lipinski definition) is 3. The number of carboxylic acids is 1. The lowest BCUT2D eigenvalue weighted by Crippen LogP contribution is -2.46. The molecule has 0 radical (unpaired) electrons. The molecule has 0 bridgehead atoms. The summed E-state index contributed by atoms with van der Waals surface area (Å²) in [4.78, 5) is 13.2. The molecule has 0 saturated carbocycles. The molecule has 210 valence electrons. The molecule has 0 heterocycles. The van der Waals surface area contributed by atoms with Gasteiger partial charge in [0.1, 0.15) is 0 Å². The number of aliphatic hydroxyl groups excluding tert-OH is 1. The van der Waals surface area contributed by atoms with Gasteiger partial charge in [0.15, 0.2) is 0 Å². The van der Waals surface area contributed by atoms with E-state index in [2.05, 4.69) is 72.6 Å². The average molecular weight is 541 g/mol. The van der Waals surface area contributed by atoms with Crippen molar-refractivity contribution in [2.45, 2.75) is 51.5 Å². The molecule has 4 rings (SSSR count). The average Bonchev–Trinajstić information content (AvgIpc) is 2.95. The molecule has 2 atom stereocenters. The van der Waals surface area contributed by atoms with E-state index in [1.165, 1.54) is 16.3 Å². The Bertz CT molecular complexity index is 1420. The van der Waals surface area contributed by atoms with Gasteiger partial charge in [0.2, 0.25) is 0 Å². The maximum atomic E-state index is 11.1. The van der Waals surface area contributed by atoms with Gasteiger partial charge in [-0.15, -0.1) is 0 Å². The Balaban J connectivity index is 1.25. The molecule has 0 aliphatic heterocycles. The standard InChI is InChI=1S/C34H40N2O4/c1-24(29-10-7-11-31(19-29)36(4)22-25-12-16-28(17-13-25)33(38)39)40-23-32(37)21-35-34(2,3)20-26-14-15-27-8-5-6-9-30(27)18-26/h5-19,24,32,35,37H,20-23H2,1-4H3,(H,38,39)/t24?,32-/m1/s1. The van der Waals surface area contributed by atoms with Crippen LogP contribution >= 0.6 is 0 Å². The van der Waals surface area contributed by atoms with Crippen molar-refractivity contribution < 1.29 is 19.7 Å². The summed E-state index contributed by atoms with van der Waals surface area (Å²) in [6.07, 6.45) is 0.0488. The number of rotatable bonds is 13. The Morgan fingerprint density at radius 3 is 2.35 bits per heavy atom. The molecule has 4 aromatic carbocycles. The highest BCUT2D eigenvalue weighted by Gasteiger charge is 2.20. The first-order valence-corrected chi connectivity index (χ1v) is 13.8. The molecular formula is C34H40N2O4. The molecule has 0 saturated heterocycles. The fourth-order valence-electron chi connectivity index (χ4n) is 4.86. The van der Waals surface area contributed by atoms with Crippen molar-refractivity contribution in [1.82, 2.24) is 5.32 Å². The predicted molar refractivity (Wildman–Crippen MR) is 162 cm³/mol. The molecule has 6 heteroatoms. The molecule has 0 fully saturated rings. The number of benzene rings is 4. The first-order chi connectivity index (χ1) is 19.1. The molecule has 40 heavy (non-hydrogen) atoms. The number of carboxylic acid groups (broad SMARTS) is 1. The topological polar surface area (TPSA) is 82.0 Å². The lowest BCUT2D eigenvalue weighted by atomic mass is 9.93. The second-order valence-corrected chi connectivity index (χ2v) is 11.2. The predicted octanol–water partition coefficient (Wildman–Crippen LogP) is 6.22. The second kappa shape index (κ2) is 13.1. The first-order valence-electron chi connectivity index (χ1n) is 13.8. The SMILES string of the molecule is CC(OC[C@H](O)CNC(C)(C)Cc1ccc2ccccc2c1)c1cccc(N(C)Cc2ccc(C(=O)O)cc2)c1. The zero-order valence-electron chi connectivity index (χ0n) is 23.8. The molecule has 1 unspecified atom stereocenters. The third-order valence-electron chi connectivity index (χ3n) is 7.22. The van der Waals surface area contributed by atoms with Crippen molar-refractivity contribution in [3.8, 4) is 0 Å². The largest absolute Gasteiger partial charge is 0.478 e. The zero-order chi connectivity index (χ0) is 28.7. The summed E-state index contributed by atoms with van der Waals surface area (Å²) in [5.74, 6) is -0.924. The lowest BCUT2D eigenvalue weighted by Gasteiger charge is -2.28. The first kappa shape index (κ1) is 29.3. The minimum atomic E-state index is -0.924. The monoisotopic (exact) mass is 540 g/mol. The highest BCUT2D eigenvalue weighted by molar-refractivity contribution is 5.87. The van der Waals surface area contributed by atoms with E-state index < -0.39 is 12.1 Å². The minimum absolute atomic E-state index is 0.177. The van der Waals surface area contributed by atoms with Crippen LogP contribution in [0.5, 0.6) is 0 Å². The van der Waals surface area contributed by atoms with Crippen LogP contribution in [0.15, 0.2) is 91.0 Å². The van der Waals surface area contributed by atoms with Gasteiger partial charge in [0, 0.05) is 31.4 Å². The van der Waals surface area contributed by atoms with Crippen molar-refractivity contribution >= 4 is 22.4 Å². The fraction of sp³-hybridized carbons (Fsp3) is 0.324. The smallest absolute Gasteiger partial charge is 0.335 e. The summed E-state index contributed by atoms with van der Waals surface area (Å²) < 4.78 is 6.05. The van der Waals surface area contributed by atoms with Crippen LogP contribution in [-0.2, 0) is 17.7 Å². The van der Waals surface area contributed by atoms with Crippen LogP contribution in [0.25, 0.3) is 10.8 Å². The van der Waals surface area contributed by atoms with E-state index >= 15 is 0 Å². The van der Waals surface area contributed by atoms with Crippen LogP contribution in [-0.4, -0.2) is 48.0 Å². The number of nitrogens with one attached hydrogen (secondary N) is 1. The van der Waals surface area contributed by atoms with Crippen molar-refractivity contribution in [2.24, 2.45) is 0 Å². The van der Waals surface area contributed by atoms with Crippen LogP contribution in [0.4, 0.5) is 5.69 Å². The Hall–Kier alpha value is -3.71. The van der Waals surface area contributed by atoms with Gasteiger partial charge >= 0.3 is 5.97 Å². The van der Waals surface area contributed by atoms with E-state index in [1.54, 1.807) is 12.1 Å². The van der Waals surface area contributed by atoms with Crippen molar-refractivity contribution in [2.75, 3.05) is 25.1 Å². The number of anilines is 1. The third kappa shape index (κ3) is 8.15. The molecule has 0 aliphatic rings. The number of carbonyl (C=O) groups is 1. The number of hydrogen-bond acceptors (Lipinski definition) is 5. The number of aliphatic hydroxyl groups is 1. The Labute approximate surface area is 237 Å². The van der Waals surface area contributed by atoms with E-state index in [1.807, 2.05) is 44.3 Å². The maximum Gasteiger partial charge on any atom is 0.335 e. The van der Waals surface area contributed by atoms with E-state index in [4.69, 9.17) is 9.84 Å². The number of aromatic carboxylic acids is 1. The Morgan fingerprint density at radius 2 is 1.62 bits per heavy atom. The van der Waals surface area contributed by atoms with Crippen molar-refractivity contribution in [1.29, 1.82) is 0 Å². The lowest BCUT2D eigenvalue weighted by molar-refractivity contribution is -0.00416. The summed E-state index contributed by atoms with van der Waals surface area (Å²) >= 11 is 0. The van der Waals surface area contributed by atoms with E-state index in [0.29, 0.717) is 13.1 Å². The summed E-state index contributed by atoms with van der Waals surface area (Å²) in [7, 11) is 2.00. The second-order valence-electron chi connectivity index (χ2n) is 11.2. The molecular weight excluding hydrogens is 500 g/mol. The van der Waals surface area contributed by atoms with Gasteiger partial charge in [-0.05, 0) is 78.9 Å². The van der Waals surface area contributed by atoms with Gasteiger partial charge < -0.3 is 25.2 Å². The van der Waals surface area contributed by atoms with Gasteiger partial charge in [-0.2, -0.15) is 0 Å². The van der Waals surface area contributed by atoms with Crippen LogP contribution in [0.2, 0.25) is 0 Å². The van der Waals surface area contributed by atoms with Crippen molar-refractivity contribution in [3.05, 3.63) is 113 Å². The number of fused-ring (bicyclic) bond motifs is 1. The van der Waals surface area contributed by atoms with Crippen LogP contribution in [0.3, 0.4) is 0 Å². The van der Waals surface area contributed by atoms with E-state index in [-0.39, 0.29) is 23.8 Å². The molecule has 6 nitrogen and oxygen atoms in total. The number of nitrogens with zero attached hydrogens (tertiary/aromatic N) is 1. The molecule has 3 N–H and O–H groups in total. The highest BCUT2D eigenvalue weighted by atomic mass is 16.5. The number of ether oxygens (including phenoxy) is 1. The zero-order valence-corrected chi connectivity index (χ0v) is 23.8. The van der Waals surface area contributed by atoms with Crippen molar-refractivity contribution in [3.63, 3.8) is 0 Å². The molecule has 0 aromatic heterocycles. The van der Waals surface area contributed by atoms with Gasteiger partial charge in [0.25, 0.3) is 0 Å². The van der Waals surface area contributed by atoms with E-state index in [9.17, 15) is 9.90 Å². The quantitative estimate of drug-likeness (QED) is 0.187. The summed E-state index contributed by atoms with van der Waals surface area (Å²) in [5, 5.41) is 25.7. The Morgan fingerprint density at radius 1 is 0.925 bits per heavy atom. The van der Waals surface area contributed by atoms with Crippen LogP contribution in [0, 0.1) is 0 Å². The van der Waals surface area contributed by atoms with Crippen LogP contribution in [0.1, 0.15) is 53.9 Å². The summed E-state index contributed by atoms with van der Waals surface area (Å²) in [5.41, 5.74) is 4.46. The van der Waals surface area contributed by atoms with E-state index in [0.717, 1.165) is 23.2 Å². The third-order valence-corrected chi connectivity index (χ3v) is 7.22. The summed E-state index contributed by atoms with van der Waals surface area (Å²) in [6, 6.07) is 30.0. The van der Waals surface area contributed by atoms with Crippen LogP contribution < -0.4 is 10.2 Å². The molecule has 4 aromatic rings. The van der Waals surface area contributed by atoms with Gasteiger partial charge in [0.05, 0.1) is 24.4 Å². The number of β-amino-alcohol motifs (C(OH)–C–C–N with tert-alkyl or cyclic N) is 1. The minimum Gasteiger partial charge on any atom is -0.478 e. The summed E-state index contributed by atoms with van der Waals surface area (Å²) in [6.45, 7) is 7.63. The fourth-order valence-corrected chi connectivity index (χ4v) is 4.86. The molecule has 0 aliphatic carbocycles. The normalized spacial score (nSPS) is 13.2. The maximum absolute atomic E-state index is 11.1.